The Kier molecular flexibility index (Phi) is 5.62. The minimum absolute atomic E-state index is 0.00245. The summed E-state index contributed by atoms with van der Waals surface area (Å²) in [5, 5.41) is 15.7. The zero-order valence-electron chi connectivity index (χ0n) is 19.0. The molecule has 2 aromatic carbocycles. The van der Waals surface area contributed by atoms with Crippen molar-refractivity contribution in [3.05, 3.63) is 80.9 Å². The highest BCUT2D eigenvalue weighted by Gasteiger charge is 2.52. The number of aliphatic hydroxyl groups excluding tert-OH is 1. The van der Waals surface area contributed by atoms with Crippen LogP contribution in [0, 0.1) is 0 Å². The van der Waals surface area contributed by atoms with Gasteiger partial charge in [-0.3, -0.25) is 9.80 Å². The van der Waals surface area contributed by atoms with Gasteiger partial charge in [-0.25, -0.2) is 4.98 Å². The molecule has 34 heavy (non-hydrogen) atoms. The highest BCUT2D eigenvalue weighted by molar-refractivity contribution is 7.09. The van der Waals surface area contributed by atoms with Crippen LogP contribution in [-0.2, 0) is 18.5 Å². The molecule has 2 aromatic heterocycles. The number of likely N-dealkylation sites (tertiary alicyclic amines) is 1. The van der Waals surface area contributed by atoms with Crippen molar-refractivity contribution in [1.82, 2.24) is 19.8 Å². The summed E-state index contributed by atoms with van der Waals surface area (Å²) in [6, 6.07) is 14.2. The van der Waals surface area contributed by atoms with Crippen molar-refractivity contribution >= 4 is 33.8 Å². The van der Waals surface area contributed by atoms with Crippen LogP contribution >= 0.6 is 22.9 Å². The number of aromatic nitrogens is 2. The average Bonchev–Trinajstić information content (AvgIpc) is 3.47. The fourth-order valence-corrected chi connectivity index (χ4v) is 6.59. The lowest BCUT2D eigenvalue weighted by atomic mass is 9.68. The van der Waals surface area contributed by atoms with Gasteiger partial charge in [0.1, 0.15) is 10.8 Å². The minimum Gasteiger partial charge on any atom is -0.497 e. The highest BCUT2D eigenvalue weighted by Crippen LogP contribution is 2.49. The van der Waals surface area contributed by atoms with Crippen LogP contribution in [0.3, 0.4) is 0 Å². The Morgan fingerprint density at radius 3 is 2.71 bits per heavy atom. The molecule has 6 rings (SSSR count). The lowest BCUT2D eigenvalue weighted by molar-refractivity contribution is -0.0119. The fourth-order valence-electron chi connectivity index (χ4n) is 5.81. The van der Waals surface area contributed by atoms with Crippen LogP contribution in [0.25, 0.3) is 10.9 Å². The van der Waals surface area contributed by atoms with Gasteiger partial charge in [0.15, 0.2) is 0 Å². The molecule has 0 unspecified atom stereocenters. The molecule has 4 aromatic rings. The molecular weight excluding hydrogens is 468 g/mol. The highest BCUT2D eigenvalue weighted by atomic mass is 35.5. The molecule has 4 heterocycles. The Bertz CT molecular complexity index is 1300. The van der Waals surface area contributed by atoms with E-state index in [1.165, 1.54) is 16.5 Å². The van der Waals surface area contributed by atoms with Crippen molar-refractivity contribution < 1.29 is 9.84 Å². The van der Waals surface area contributed by atoms with Crippen molar-refractivity contribution in [3.63, 3.8) is 0 Å². The fraction of sp³-hybridized carbons (Fsp3) is 0.346. The predicted molar refractivity (Wildman–Crippen MR) is 136 cm³/mol. The first-order chi connectivity index (χ1) is 16.6. The number of nitrogens with zero attached hydrogens (tertiary/aromatic N) is 3. The summed E-state index contributed by atoms with van der Waals surface area (Å²) in [4.78, 5) is 13.0. The first kappa shape index (κ1) is 22.1. The molecule has 0 radical (unpaired) electrons. The van der Waals surface area contributed by atoms with E-state index in [1.54, 1.807) is 18.4 Å². The summed E-state index contributed by atoms with van der Waals surface area (Å²) in [7, 11) is 1.69. The second-order valence-electron chi connectivity index (χ2n) is 9.41. The van der Waals surface area contributed by atoms with E-state index in [4.69, 9.17) is 16.3 Å². The third kappa shape index (κ3) is 3.72. The number of aliphatic hydroxyl groups is 1. The standard InChI is InChI=1S/C26H27ClN4O2S/c1-33-19-6-7-20-21(10-19)29-25-22(13-32)31(11-17-2-4-18(27)5-3-17)16-26(24(20)25)14-30(15-26)12-23-28-8-9-34-23/h2-10,22,29,32H,11-16H2,1H3/t22-/m0/s1. The zero-order chi connectivity index (χ0) is 23.3. The first-order valence-corrected chi connectivity index (χ1v) is 12.7. The van der Waals surface area contributed by atoms with Gasteiger partial charge in [0.2, 0.25) is 0 Å². The molecule has 0 bridgehead atoms. The number of methoxy groups -OCH3 is 1. The predicted octanol–water partition coefficient (Wildman–Crippen LogP) is 4.59. The van der Waals surface area contributed by atoms with Crippen LogP contribution in [0.15, 0.2) is 54.0 Å². The van der Waals surface area contributed by atoms with Gasteiger partial charge in [-0.15, -0.1) is 11.3 Å². The maximum atomic E-state index is 10.5. The number of hydrogen-bond acceptors (Lipinski definition) is 6. The van der Waals surface area contributed by atoms with Crippen LogP contribution in [0.2, 0.25) is 5.02 Å². The second-order valence-corrected chi connectivity index (χ2v) is 10.8. The van der Waals surface area contributed by atoms with Crippen LogP contribution in [-0.4, -0.2) is 58.2 Å². The quantitative estimate of drug-likeness (QED) is 0.410. The van der Waals surface area contributed by atoms with E-state index in [9.17, 15) is 5.11 Å². The van der Waals surface area contributed by atoms with Crippen LogP contribution < -0.4 is 4.74 Å². The summed E-state index contributed by atoms with van der Waals surface area (Å²) in [6.45, 7) is 4.52. The zero-order valence-corrected chi connectivity index (χ0v) is 20.6. The van der Waals surface area contributed by atoms with E-state index in [1.807, 2.05) is 29.8 Å². The molecule has 8 heteroatoms. The van der Waals surface area contributed by atoms with Crippen LogP contribution in [0.4, 0.5) is 0 Å². The molecular formula is C26H27ClN4O2S. The van der Waals surface area contributed by atoms with Gasteiger partial charge >= 0.3 is 0 Å². The average molecular weight is 495 g/mol. The van der Waals surface area contributed by atoms with Crippen LogP contribution in [0.5, 0.6) is 5.75 Å². The first-order valence-electron chi connectivity index (χ1n) is 11.5. The summed E-state index contributed by atoms with van der Waals surface area (Å²) in [6.07, 6.45) is 1.88. The van der Waals surface area contributed by atoms with Gasteiger partial charge in [0.25, 0.3) is 0 Å². The van der Waals surface area contributed by atoms with Crippen LogP contribution in [0.1, 0.15) is 27.9 Å². The maximum Gasteiger partial charge on any atom is 0.120 e. The van der Waals surface area contributed by atoms with Gasteiger partial charge in [-0.2, -0.15) is 0 Å². The van der Waals surface area contributed by atoms with Gasteiger partial charge < -0.3 is 14.8 Å². The van der Waals surface area contributed by atoms with Crippen molar-refractivity contribution in [2.75, 3.05) is 33.4 Å². The number of aromatic amines is 1. The molecule has 0 amide bonds. The Labute approximate surface area is 207 Å². The Balaban J connectivity index is 1.39. The molecule has 6 nitrogen and oxygen atoms in total. The summed E-state index contributed by atoms with van der Waals surface area (Å²) >= 11 is 7.83. The summed E-state index contributed by atoms with van der Waals surface area (Å²) < 4.78 is 5.48. The Morgan fingerprint density at radius 2 is 2.00 bits per heavy atom. The largest absolute Gasteiger partial charge is 0.497 e. The third-order valence-corrected chi connectivity index (χ3v) is 8.23. The molecule has 2 aliphatic heterocycles. The summed E-state index contributed by atoms with van der Waals surface area (Å²) in [5.41, 5.74) is 4.73. The van der Waals surface area contributed by atoms with Gasteiger partial charge in [-0.05, 0) is 35.4 Å². The van der Waals surface area contributed by atoms with Gasteiger partial charge in [0, 0.05) is 70.9 Å². The molecule has 2 N–H and O–H groups in total. The van der Waals surface area contributed by atoms with E-state index in [0.717, 1.165) is 59.7 Å². The number of thiazole rings is 1. The lowest BCUT2D eigenvalue weighted by Crippen LogP contribution is -2.65. The molecule has 1 saturated heterocycles. The number of rotatable bonds is 6. The van der Waals surface area contributed by atoms with E-state index in [2.05, 4.69) is 44.0 Å². The molecule has 1 atom stereocenters. The normalized spacial score (nSPS) is 19.9. The lowest BCUT2D eigenvalue weighted by Gasteiger charge is -2.56. The minimum atomic E-state index is -0.0947. The number of ether oxygens (including phenoxy) is 1. The van der Waals surface area contributed by atoms with Crippen molar-refractivity contribution in [3.8, 4) is 5.75 Å². The van der Waals surface area contributed by atoms with E-state index >= 15 is 0 Å². The topological polar surface area (TPSA) is 64.6 Å². The number of halogens is 1. The number of fused-ring (bicyclic) bond motifs is 4. The summed E-state index contributed by atoms with van der Waals surface area (Å²) in [5.74, 6) is 0.831. The van der Waals surface area contributed by atoms with Gasteiger partial charge in [-0.1, -0.05) is 23.7 Å². The second kappa shape index (κ2) is 8.66. The molecule has 0 saturated carbocycles. The monoisotopic (exact) mass is 494 g/mol. The number of benzene rings is 2. The molecule has 1 fully saturated rings. The molecule has 1 spiro atoms. The maximum absolute atomic E-state index is 10.5. The SMILES string of the molecule is COc1ccc2c3c([nH]c2c1)[C@H](CO)N(Cc1ccc(Cl)cc1)CC31CN(Cc2nccs2)C1. The smallest absolute Gasteiger partial charge is 0.120 e. The number of H-pyrrole nitrogens is 1. The van der Waals surface area contributed by atoms with Crippen molar-refractivity contribution in [2.24, 2.45) is 0 Å². The molecule has 0 aliphatic carbocycles. The Morgan fingerprint density at radius 1 is 1.18 bits per heavy atom. The van der Waals surface area contributed by atoms with E-state index < -0.39 is 0 Å². The third-order valence-electron chi connectivity index (χ3n) is 7.21. The van der Waals surface area contributed by atoms with E-state index in [-0.39, 0.29) is 18.1 Å². The molecule has 176 valence electrons. The number of nitrogens with one attached hydrogen (secondary N) is 1. The molecule has 2 aliphatic rings. The Hall–Kier alpha value is -2.42. The number of hydrogen-bond donors (Lipinski definition) is 2. The van der Waals surface area contributed by atoms with Crippen molar-refractivity contribution in [2.45, 2.75) is 24.5 Å². The van der Waals surface area contributed by atoms with Crippen molar-refractivity contribution in [1.29, 1.82) is 0 Å². The van der Waals surface area contributed by atoms with Gasteiger partial charge in [0.05, 0.1) is 26.3 Å². The van der Waals surface area contributed by atoms with E-state index in [0.29, 0.717) is 0 Å².